The molecule has 1 unspecified atom stereocenters. The van der Waals surface area contributed by atoms with Crippen LogP contribution >= 0.6 is 24.0 Å². The summed E-state index contributed by atoms with van der Waals surface area (Å²) >= 11 is 0. The largest absolute Gasteiger partial charge is 0.463 e. The number of halogens is 1. The topological polar surface area (TPSA) is 79.0 Å². The Labute approximate surface area is 184 Å². The highest BCUT2D eigenvalue weighted by atomic mass is 127. The van der Waals surface area contributed by atoms with Crippen LogP contribution in [0.4, 0.5) is 0 Å². The minimum absolute atomic E-state index is 0. The summed E-state index contributed by atoms with van der Waals surface area (Å²) < 4.78 is 11.0. The molecule has 6 nitrogen and oxygen atoms in total. The molecule has 0 aliphatic rings. The molecule has 0 aliphatic heterocycles. The molecule has 0 amide bonds. The average Bonchev–Trinajstić information content (AvgIpc) is 3.10. The van der Waals surface area contributed by atoms with Crippen molar-refractivity contribution in [3.05, 3.63) is 59.0 Å². The number of hydrogen-bond acceptors (Lipinski definition) is 4. The highest BCUT2D eigenvalue weighted by Gasteiger charge is 2.27. The minimum atomic E-state index is -1.12. The number of nitrogens with one attached hydrogen (secondary N) is 2. The molecule has 28 heavy (non-hydrogen) atoms. The zero-order valence-corrected chi connectivity index (χ0v) is 19.4. The van der Waals surface area contributed by atoms with Crippen LogP contribution in [0.1, 0.15) is 43.4 Å². The van der Waals surface area contributed by atoms with E-state index >= 15 is 0 Å². The fourth-order valence-corrected chi connectivity index (χ4v) is 2.54. The van der Waals surface area contributed by atoms with E-state index in [1.54, 1.807) is 13.0 Å². The number of benzene rings is 1. The van der Waals surface area contributed by atoms with Crippen molar-refractivity contribution >= 4 is 29.9 Å². The molecule has 0 saturated carbocycles. The van der Waals surface area contributed by atoms with Gasteiger partial charge in [-0.05, 0) is 51.0 Å². The van der Waals surface area contributed by atoms with Crippen molar-refractivity contribution in [1.82, 2.24) is 10.6 Å². The zero-order valence-electron chi connectivity index (χ0n) is 17.1. The molecule has 0 radical (unpaired) electrons. The fraction of sp³-hybridized carbons (Fsp3) is 0.476. The van der Waals surface area contributed by atoms with Crippen molar-refractivity contribution in [3.8, 4) is 0 Å². The number of ether oxygens (including phenoxy) is 1. The van der Waals surface area contributed by atoms with Crippen LogP contribution < -0.4 is 10.6 Å². The van der Waals surface area contributed by atoms with E-state index in [0.717, 1.165) is 23.4 Å². The summed E-state index contributed by atoms with van der Waals surface area (Å²) in [6, 6.07) is 11.9. The highest BCUT2D eigenvalue weighted by molar-refractivity contribution is 14.0. The van der Waals surface area contributed by atoms with Gasteiger partial charge in [-0.3, -0.25) is 0 Å². The fourth-order valence-electron chi connectivity index (χ4n) is 2.54. The molecule has 156 valence electrons. The van der Waals surface area contributed by atoms with Crippen LogP contribution in [0.2, 0.25) is 0 Å². The van der Waals surface area contributed by atoms with E-state index in [9.17, 15) is 5.11 Å². The van der Waals surface area contributed by atoms with Crippen LogP contribution in [0, 0.1) is 6.92 Å². The third kappa shape index (κ3) is 7.81. The summed E-state index contributed by atoms with van der Waals surface area (Å²) in [4.78, 5) is 4.60. The molecule has 1 aromatic heterocycles. The molecule has 1 aromatic carbocycles. The van der Waals surface area contributed by atoms with Gasteiger partial charge in [-0.2, -0.15) is 0 Å². The predicted octanol–water partition coefficient (Wildman–Crippen LogP) is 3.71. The first kappa shape index (κ1) is 24.5. The Kier molecular flexibility index (Phi) is 10.6. The van der Waals surface area contributed by atoms with E-state index in [-0.39, 0.29) is 24.0 Å². The van der Waals surface area contributed by atoms with Crippen LogP contribution in [-0.2, 0) is 23.5 Å². The highest BCUT2D eigenvalue weighted by Crippen LogP contribution is 2.21. The van der Waals surface area contributed by atoms with E-state index in [0.29, 0.717) is 38.0 Å². The van der Waals surface area contributed by atoms with Crippen molar-refractivity contribution < 1.29 is 14.3 Å². The molecule has 0 fully saturated rings. The van der Waals surface area contributed by atoms with Crippen LogP contribution in [0.25, 0.3) is 0 Å². The summed E-state index contributed by atoms with van der Waals surface area (Å²) in [7, 11) is 0. The summed E-state index contributed by atoms with van der Waals surface area (Å²) in [5.74, 6) is 1.96. The number of guanidine groups is 1. The maximum absolute atomic E-state index is 10.7. The second kappa shape index (κ2) is 12.1. The maximum atomic E-state index is 10.7. The lowest BCUT2D eigenvalue weighted by Crippen LogP contribution is -2.44. The SMILES string of the molecule is CCNC(=NCc1ccc(COCC)cc1)NCC(C)(O)c1ccc(C)o1.I. The first-order valence-corrected chi connectivity index (χ1v) is 9.41. The second-order valence-electron chi connectivity index (χ2n) is 6.69. The number of furan rings is 1. The number of hydrogen-bond donors (Lipinski definition) is 3. The Morgan fingerprint density at radius 2 is 1.79 bits per heavy atom. The van der Waals surface area contributed by atoms with Gasteiger partial charge in [0.05, 0.1) is 19.7 Å². The number of nitrogens with zero attached hydrogens (tertiary/aromatic N) is 1. The van der Waals surface area contributed by atoms with E-state index in [2.05, 4.69) is 39.9 Å². The van der Waals surface area contributed by atoms with Crippen LogP contribution in [0.5, 0.6) is 0 Å². The summed E-state index contributed by atoms with van der Waals surface area (Å²) in [5.41, 5.74) is 1.14. The number of aryl methyl sites for hydroxylation is 1. The van der Waals surface area contributed by atoms with Crippen molar-refractivity contribution in [3.63, 3.8) is 0 Å². The lowest BCUT2D eigenvalue weighted by molar-refractivity contribution is 0.0378. The summed E-state index contributed by atoms with van der Waals surface area (Å²) in [5, 5.41) is 17.0. The Balaban J connectivity index is 0.00000392. The smallest absolute Gasteiger partial charge is 0.191 e. The normalized spacial score (nSPS) is 13.5. The van der Waals surface area contributed by atoms with Gasteiger partial charge >= 0.3 is 0 Å². The van der Waals surface area contributed by atoms with Crippen molar-refractivity contribution in [2.24, 2.45) is 4.99 Å². The Hall–Kier alpha value is -1.58. The van der Waals surface area contributed by atoms with Gasteiger partial charge in [0, 0.05) is 13.2 Å². The van der Waals surface area contributed by atoms with Crippen LogP contribution in [0.3, 0.4) is 0 Å². The van der Waals surface area contributed by atoms with E-state index in [1.807, 2.05) is 26.8 Å². The Bertz CT molecular complexity index is 727. The maximum Gasteiger partial charge on any atom is 0.191 e. The standard InChI is InChI=1S/C21H31N3O3.HI/c1-5-22-20(24-15-21(4,25)19-12-7-16(3)27-19)23-13-17-8-10-18(11-9-17)14-26-6-2;/h7-12,25H,5-6,13-15H2,1-4H3,(H2,22,23,24);1H. The molecule has 0 spiro atoms. The monoisotopic (exact) mass is 501 g/mol. The minimum Gasteiger partial charge on any atom is -0.463 e. The second-order valence-corrected chi connectivity index (χ2v) is 6.69. The number of aliphatic hydroxyl groups is 1. The first-order valence-electron chi connectivity index (χ1n) is 9.41. The molecule has 7 heteroatoms. The number of aliphatic imine (C=N–C) groups is 1. The van der Waals surface area contributed by atoms with Crippen LogP contribution in [0.15, 0.2) is 45.8 Å². The quantitative estimate of drug-likeness (QED) is 0.278. The van der Waals surface area contributed by atoms with Gasteiger partial charge < -0.3 is 24.9 Å². The van der Waals surface area contributed by atoms with Gasteiger partial charge in [0.2, 0.25) is 0 Å². The van der Waals surface area contributed by atoms with Gasteiger partial charge in [0.15, 0.2) is 5.96 Å². The summed E-state index contributed by atoms with van der Waals surface area (Å²) in [6.45, 7) is 10.5. The molecule has 0 bridgehead atoms. The van der Waals surface area contributed by atoms with Crippen molar-refractivity contribution in [1.29, 1.82) is 0 Å². The molecule has 2 rings (SSSR count). The third-order valence-electron chi connectivity index (χ3n) is 4.13. The number of rotatable bonds is 9. The molecule has 3 N–H and O–H groups in total. The van der Waals surface area contributed by atoms with Gasteiger partial charge in [-0.1, -0.05) is 24.3 Å². The van der Waals surface area contributed by atoms with Crippen molar-refractivity contribution in [2.45, 2.75) is 46.4 Å². The Morgan fingerprint density at radius 3 is 2.36 bits per heavy atom. The van der Waals surface area contributed by atoms with E-state index in [4.69, 9.17) is 9.15 Å². The van der Waals surface area contributed by atoms with Gasteiger partial charge in [-0.25, -0.2) is 4.99 Å². The van der Waals surface area contributed by atoms with E-state index in [1.165, 1.54) is 0 Å². The molecule has 1 heterocycles. The van der Waals surface area contributed by atoms with Gasteiger partial charge in [0.25, 0.3) is 0 Å². The molecule has 0 saturated heterocycles. The average molecular weight is 501 g/mol. The summed E-state index contributed by atoms with van der Waals surface area (Å²) in [6.07, 6.45) is 0. The Morgan fingerprint density at radius 1 is 1.11 bits per heavy atom. The molecular formula is C21H32IN3O3. The molecule has 2 aromatic rings. The molecule has 0 aliphatic carbocycles. The molecule has 1 atom stereocenters. The predicted molar refractivity (Wildman–Crippen MR) is 123 cm³/mol. The lowest BCUT2D eigenvalue weighted by Gasteiger charge is -2.22. The van der Waals surface area contributed by atoms with E-state index < -0.39 is 5.60 Å². The third-order valence-corrected chi connectivity index (χ3v) is 4.13. The van der Waals surface area contributed by atoms with Gasteiger partial charge in [0.1, 0.15) is 17.1 Å². The first-order chi connectivity index (χ1) is 12.9. The van der Waals surface area contributed by atoms with Crippen molar-refractivity contribution in [2.75, 3.05) is 19.7 Å². The lowest BCUT2D eigenvalue weighted by atomic mass is 10.0. The molecular weight excluding hydrogens is 469 g/mol. The zero-order chi connectivity index (χ0) is 19.7. The van der Waals surface area contributed by atoms with Gasteiger partial charge in [-0.15, -0.1) is 24.0 Å². The van der Waals surface area contributed by atoms with Crippen LogP contribution in [-0.4, -0.2) is 30.8 Å².